The zero-order chi connectivity index (χ0) is 15.7. The lowest BCUT2D eigenvalue weighted by molar-refractivity contribution is -0.127. The summed E-state index contributed by atoms with van der Waals surface area (Å²) < 4.78 is 10.9. The maximum atomic E-state index is 12.5. The number of nitrogens with zero attached hydrogens (tertiary/aromatic N) is 3. The summed E-state index contributed by atoms with van der Waals surface area (Å²) in [6.45, 7) is 2.18. The summed E-state index contributed by atoms with van der Waals surface area (Å²) >= 11 is 5.97. The third kappa shape index (κ3) is 2.96. The minimum atomic E-state index is -0.151. The molecule has 6 nitrogen and oxygen atoms in total. The SMILES string of the molecule is Cc1nnc(CN(C)C(=O)C2=Cc3cc(Cl)ccc3OC2)o1. The van der Waals surface area contributed by atoms with E-state index in [-0.39, 0.29) is 19.1 Å². The maximum absolute atomic E-state index is 12.5. The quantitative estimate of drug-likeness (QED) is 0.869. The Labute approximate surface area is 132 Å². The van der Waals surface area contributed by atoms with Crippen molar-refractivity contribution in [2.75, 3.05) is 13.7 Å². The van der Waals surface area contributed by atoms with Crippen molar-refractivity contribution in [1.82, 2.24) is 15.1 Å². The normalized spacial score (nSPS) is 13.1. The monoisotopic (exact) mass is 319 g/mol. The molecule has 1 aromatic carbocycles. The van der Waals surface area contributed by atoms with Gasteiger partial charge >= 0.3 is 0 Å². The minimum absolute atomic E-state index is 0.151. The number of ether oxygens (including phenoxy) is 1. The summed E-state index contributed by atoms with van der Waals surface area (Å²) in [5, 5.41) is 8.22. The predicted octanol–water partition coefficient (Wildman–Crippen LogP) is 2.47. The first-order valence-electron chi connectivity index (χ1n) is 6.70. The van der Waals surface area contributed by atoms with E-state index in [2.05, 4.69) is 10.2 Å². The standard InChI is InChI=1S/C15H14ClN3O3/c1-9-17-18-14(22-9)7-19(2)15(20)11-5-10-6-12(16)3-4-13(10)21-8-11/h3-6H,7-8H2,1-2H3. The average molecular weight is 320 g/mol. The molecule has 0 unspecified atom stereocenters. The Morgan fingerprint density at radius 1 is 1.41 bits per heavy atom. The van der Waals surface area contributed by atoms with Gasteiger partial charge in [0.2, 0.25) is 11.8 Å². The molecular formula is C15H14ClN3O3. The van der Waals surface area contributed by atoms with E-state index in [1.807, 2.05) is 0 Å². The van der Waals surface area contributed by atoms with Crippen LogP contribution >= 0.6 is 11.6 Å². The van der Waals surface area contributed by atoms with E-state index >= 15 is 0 Å². The molecule has 0 saturated heterocycles. The molecule has 0 bridgehead atoms. The van der Waals surface area contributed by atoms with E-state index in [4.69, 9.17) is 20.8 Å². The van der Waals surface area contributed by atoms with Crippen molar-refractivity contribution >= 4 is 23.6 Å². The fourth-order valence-electron chi connectivity index (χ4n) is 2.19. The van der Waals surface area contributed by atoms with Crippen LogP contribution in [0.25, 0.3) is 6.08 Å². The molecule has 0 N–H and O–H groups in total. The van der Waals surface area contributed by atoms with E-state index < -0.39 is 0 Å². The first-order chi connectivity index (χ1) is 10.5. The molecule has 0 radical (unpaired) electrons. The number of benzene rings is 1. The molecule has 1 aliphatic heterocycles. The molecule has 0 fully saturated rings. The van der Waals surface area contributed by atoms with Crippen LogP contribution < -0.4 is 4.74 Å². The summed E-state index contributed by atoms with van der Waals surface area (Å²) in [6.07, 6.45) is 1.79. The van der Waals surface area contributed by atoms with E-state index in [1.165, 1.54) is 4.90 Å². The Bertz CT molecular complexity index is 754. The molecule has 2 aromatic rings. The number of carbonyl (C=O) groups excluding carboxylic acids is 1. The molecule has 3 rings (SSSR count). The highest BCUT2D eigenvalue weighted by Crippen LogP contribution is 2.29. The molecule has 0 aliphatic carbocycles. The zero-order valence-electron chi connectivity index (χ0n) is 12.2. The minimum Gasteiger partial charge on any atom is -0.488 e. The Hall–Kier alpha value is -2.34. The molecule has 7 heteroatoms. The number of halogens is 1. The van der Waals surface area contributed by atoms with Gasteiger partial charge in [-0.2, -0.15) is 0 Å². The summed E-state index contributed by atoms with van der Waals surface area (Å²) in [4.78, 5) is 14.0. The second kappa shape index (κ2) is 5.81. The fraction of sp³-hybridized carbons (Fsp3) is 0.267. The largest absolute Gasteiger partial charge is 0.488 e. The van der Waals surface area contributed by atoms with Crippen molar-refractivity contribution in [3.8, 4) is 5.75 Å². The zero-order valence-corrected chi connectivity index (χ0v) is 12.9. The van der Waals surface area contributed by atoms with E-state index in [0.29, 0.717) is 22.4 Å². The highest BCUT2D eigenvalue weighted by Gasteiger charge is 2.21. The van der Waals surface area contributed by atoms with E-state index in [1.54, 1.807) is 38.2 Å². The van der Waals surface area contributed by atoms with Crippen molar-refractivity contribution in [2.45, 2.75) is 13.5 Å². The Morgan fingerprint density at radius 3 is 2.95 bits per heavy atom. The van der Waals surface area contributed by atoms with Crippen molar-refractivity contribution in [1.29, 1.82) is 0 Å². The molecule has 1 aliphatic rings. The fourth-order valence-corrected chi connectivity index (χ4v) is 2.37. The van der Waals surface area contributed by atoms with Crippen LogP contribution in [0.2, 0.25) is 5.02 Å². The number of rotatable bonds is 3. The van der Waals surface area contributed by atoms with Gasteiger partial charge in [0, 0.05) is 24.6 Å². The third-order valence-corrected chi connectivity index (χ3v) is 3.48. The lowest BCUT2D eigenvalue weighted by Gasteiger charge is -2.21. The number of amides is 1. The first kappa shape index (κ1) is 14.6. The van der Waals surface area contributed by atoms with E-state index in [0.717, 1.165) is 11.3 Å². The van der Waals surface area contributed by atoms with Crippen LogP contribution in [0.15, 0.2) is 28.2 Å². The van der Waals surface area contributed by atoms with Crippen LogP contribution in [0.4, 0.5) is 0 Å². The summed E-state index contributed by atoms with van der Waals surface area (Å²) in [7, 11) is 1.68. The number of fused-ring (bicyclic) bond motifs is 1. The van der Waals surface area contributed by atoms with Crippen LogP contribution in [-0.4, -0.2) is 34.7 Å². The number of carbonyl (C=O) groups is 1. The van der Waals surface area contributed by atoms with Crippen molar-refractivity contribution in [2.24, 2.45) is 0 Å². The van der Waals surface area contributed by atoms with Crippen LogP contribution in [0.5, 0.6) is 5.75 Å². The highest BCUT2D eigenvalue weighted by molar-refractivity contribution is 6.30. The van der Waals surface area contributed by atoms with Gasteiger partial charge in [0.1, 0.15) is 12.4 Å². The Morgan fingerprint density at radius 2 is 2.23 bits per heavy atom. The van der Waals surface area contributed by atoms with Crippen LogP contribution in [0.3, 0.4) is 0 Å². The topological polar surface area (TPSA) is 68.5 Å². The molecule has 0 atom stereocenters. The van der Waals surface area contributed by atoms with Gasteiger partial charge in [-0.15, -0.1) is 10.2 Å². The van der Waals surface area contributed by atoms with Crippen molar-refractivity contribution < 1.29 is 13.9 Å². The van der Waals surface area contributed by atoms with Crippen LogP contribution in [0, 0.1) is 6.92 Å². The molecule has 22 heavy (non-hydrogen) atoms. The second-order valence-electron chi connectivity index (χ2n) is 5.02. The third-order valence-electron chi connectivity index (χ3n) is 3.25. The molecule has 1 amide bonds. The number of likely N-dealkylation sites (N-methyl/N-ethyl adjacent to an activating group) is 1. The average Bonchev–Trinajstić information content (AvgIpc) is 2.90. The molecule has 0 saturated carbocycles. The lowest BCUT2D eigenvalue weighted by atomic mass is 10.1. The van der Waals surface area contributed by atoms with Crippen molar-refractivity contribution in [3.05, 3.63) is 46.1 Å². The number of aromatic nitrogens is 2. The van der Waals surface area contributed by atoms with Gasteiger partial charge in [0.25, 0.3) is 5.91 Å². The van der Waals surface area contributed by atoms with Gasteiger partial charge < -0.3 is 14.1 Å². The maximum Gasteiger partial charge on any atom is 0.253 e. The summed E-state index contributed by atoms with van der Waals surface area (Å²) in [6, 6.07) is 5.32. The molecule has 0 spiro atoms. The second-order valence-corrected chi connectivity index (χ2v) is 5.45. The summed E-state index contributed by atoms with van der Waals surface area (Å²) in [5.41, 5.74) is 1.35. The van der Waals surface area contributed by atoms with Crippen molar-refractivity contribution in [3.63, 3.8) is 0 Å². The smallest absolute Gasteiger partial charge is 0.253 e. The molecular weight excluding hydrogens is 306 g/mol. The van der Waals surface area contributed by atoms with Gasteiger partial charge in [0.05, 0.1) is 12.1 Å². The number of hydrogen-bond acceptors (Lipinski definition) is 5. The van der Waals surface area contributed by atoms with Gasteiger partial charge in [-0.3, -0.25) is 4.79 Å². The first-order valence-corrected chi connectivity index (χ1v) is 7.08. The number of hydrogen-bond donors (Lipinski definition) is 0. The van der Waals surface area contributed by atoms with Gasteiger partial charge in [-0.05, 0) is 24.3 Å². The Kier molecular flexibility index (Phi) is 3.85. The van der Waals surface area contributed by atoms with E-state index in [9.17, 15) is 4.79 Å². The van der Waals surface area contributed by atoms with Gasteiger partial charge in [-0.1, -0.05) is 11.6 Å². The Balaban J connectivity index is 1.77. The predicted molar refractivity (Wildman–Crippen MR) is 80.4 cm³/mol. The van der Waals surface area contributed by atoms with Gasteiger partial charge in [0.15, 0.2) is 0 Å². The molecule has 114 valence electrons. The molecule has 1 aromatic heterocycles. The van der Waals surface area contributed by atoms with Crippen LogP contribution in [0.1, 0.15) is 17.3 Å². The van der Waals surface area contributed by atoms with Gasteiger partial charge in [-0.25, -0.2) is 0 Å². The highest BCUT2D eigenvalue weighted by atomic mass is 35.5. The number of aryl methyl sites for hydroxylation is 1. The van der Waals surface area contributed by atoms with Crippen LogP contribution in [-0.2, 0) is 11.3 Å². The lowest BCUT2D eigenvalue weighted by Crippen LogP contribution is -2.30. The summed E-state index contributed by atoms with van der Waals surface area (Å²) in [5.74, 6) is 1.44. The molecule has 2 heterocycles.